The summed E-state index contributed by atoms with van der Waals surface area (Å²) in [5.41, 5.74) is 0. The molecular weight excluding hydrogens is 1350 g/mol. The second-order valence-electron chi connectivity index (χ2n) is 30.8. The number of carbonyl (C=O) groups is 4. The summed E-state index contributed by atoms with van der Waals surface area (Å²) in [6.45, 7) is 7.41. The second-order valence-corrected chi connectivity index (χ2v) is 33.7. The van der Waals surface area contributed by atoms with Gasteiger partial charge in [0, 0.05) is 25.7 Å². The van der Waals surface area contributed by atoms with E-state index in [-0.39, 0.29) is 25.7 Å². The number of rotatable bonds is 85. The number of unbranched alkanes of at least 4 members (excludes halogenated alkanes) is 56. The first kappa shape index (κ1) is 102. The molecule has 0 aliphatic heterocycles. The standard InChI is InChI=1S/C85H166O17P2/c1-6-10-13-16-19-22-25-26-27-28-29-30-34-37-40-45-49-54-59-64-69-83(88)96-75-81(102-85(90)71-66-61-56-51-46-41-38-35-32-31-33-36-39-44-47-52-57-62-67-78(5)9-4)77-100-104(93,94)98-73-79(86)72-97-103(91,92)99-76-80(101-84(89)70-65-60-55-50-43-24-21-18-15-12-8-3)74-95-82(87)68-63-58-53-48-42-23-20-17-14-11-7-2/h78-81,86H,6-77H2,1-5H3,(H,91,92)(H,93,94)/t78?,79-,80+,81+/m0/s1. The monoisotopic (exact) mass is 1520 g/mol. The first-order valence-electron chi connectivity index (χ1n) is 44.2. The van der Waals surface area contributed by atoms with Gasteiger partial charge in [0.25, 0.3) is 0 Å². The summed E-state index contributed by atoms with van der Waals surface area (Å²) in [4.78, 5) is 73.1. The summed E-state index contributed by atoms with van der Waals surface area (Å²) >= 11 is 0. The van der Waals surface area contributed by atoms with Crippen molar-refractivity contribution in [3.63, 3.8) is 0 Å². The molecule has 19 heteroatoms. The zero-order valence-corrected chi connectivity index (χ0v) is 70.0. The van der Waals surface area contributed by atoms with Gasteiger partial charge < -0.3 is 33.8 Å². The van der Waals surface area contributed by atoms with Gasteiger partial charge in [0.1, 0.15) is 19.3 Å². The van der Waals surface area contributed by atoms with Crippen LogP contribution >= 0.6 is 15.6 Å². The van der Waals surface area contributed by atoms with Crippen molar-refractivity contribution < 1.29 is 80.2 Å². The molecule has 3 unspecified atom stereocenters. The number of aliphatic hydroxyl groups excluding tert-OH is 1. The van der Waals surface area contributed by atoms with Crippen molar-refractivity contribution in [1.82, 2.24) is 0 Å². The van der Waals surface area contributed by atoms with E-state index in [0.717, 1.165) is 95.8 Å². The zero-order valence-electron chi connectivity index (χ0n) is 68.2. The van der Waals surface area contributed by atoms with E-state index < -0.39 is 97.5 Å². The summed E-state index contributed by atoms with van der Waals surface area (Å²) < 4.78 is 68.8. The molecule has 0 heterocycles. The molecule has 0 spiro atoms. The van der Waals surface area contributed by atoms with Crippen molar-refractivity contribution in [3.05, 3.63) is 0 Å². The number of esters is 4. The first-order valence-corrected chi connectivity index (χ1v) is 47.2. The molecule has 0 aliphatic carbocycles. The number of aliphatic hydroxyl groups is 1. The van der Waals surface area contributed by atoms with Crippen LogP contribution in [0.2, 0.25) is 0 Å². The smallest absolute Gasteiger partial charge is 0.462 e. The van der Waals surface area contributed by atoms with Crippen molar-refractivity contribution in [1.29, 1.82) is 0 Å². The molecule has 3 N–H and O–H groups in total. The maximum atomic E-state index is 13.1. The van der Waals surface area contributed by atoms with Gasteiger partial charge in [0.2, 0.25) is 0 Å². The second kappa shape index (κ2) is 77.8. The fourth-order valence-electron chi connectivity index (χ4n) is 13.3. The summed E-state index contributed by atoms with van der Waals surface area (Å²) in [6.07, 6.45) is 70.8. The van der Waals surface area contributed by atoms with Crippen LogP contribution in [-0.4, -0.2) is 96.7 Å². The van der Waals surface area contributed by atoms with Crippen molar-refractivity contribution in [3.8, 4) is 0 Å². The summed E-state index contributed by atoms with van der Waals surface area (Å²) in [6, 6.07) is 0. The average molecular weight is 1520 g/mol. The number of hydrogen-bond acceptors (Lipinski definition) is 15. The number of phosphoric ester groups is 2. The van der Waals surface area contributed by atoms with Crippen molar-refractivity contribution in [2.45, 2.75) is 477 Å². The molecule has 17 nitrogen and oxygen atoms in total. The lowest BCUT2D eigenvalue weighted by Gasteiger charge is -2.21. The van der Waals surface area contributed by atoms with Gasteiger partial charge in [-0.05, 0) is 31.6 Å². The van der Waals surface area contributed by atoms with E-state index in [1.165, 1.54) is 283 Å². The fraction of sp³-hybridized carbons (Fsp3) is 0.953. The Morgan fingerprint density at radius 3 is 0.683 bits per heavy atom. The highest BCUT2D eigenvalue weighted by Gasteiger charge is 2.30. The van der Waals surface area contributed by atoms with E-state index in [1.807, 2.05) is 0 Å². The zero-order chi connectivity index (χ0) is 76.2. The number of carbonyl (C=O) groups excluding carboxylic acids is 4. The maximum absolute atomic E-state index is 13.1. The highest BCUT2D eigenvalue weighted by molar-refractivity contribution is 7.47. The lowest BCUT2D eigenvalue weighted by molar-refractivity contribution is -0.161. The Kier molecular flexibility index (Phi) is 76.3. The predicted molar refractivity (Wildman–Crippen MR) is 428 cm³/mol. The third kappa shape index (κ3) is 76.8. The third-order valence-corrected chi connectivity index (χ3v) is 22.3. The third-order valence-electron chi connectivity index (χ3n) is 20.4. The molecule has 0 bridgehead atoms. The van der Waals surface area contributed by atoms with Gasteiger partial charge in [-0.2, -0.15) is 0 Å². The van der Waals surface area contributed by atoms with Crippen molar-refractivity contribution in [2.24, 2.45) is 5.92 Å². The number of hydrogen-bond donors (Lipinski definition) is 3. The van der Waals surface area contributed by atoms with E-state index in [2.05, 4.69) is 34.6 Å². The molecule has 0 rings (SSSR count). The SMILES string of the molecule is CCCCCCCCCCCCCCCCCCCCCCC(=O)OC[C@H](COP(=O)(O)OC[C@@H](O)COP(=O)(O)OC[C@@H](COC(=O)CCCCCCCCCCCCC)OC(=O)CCCCCCCCCCCCC)OC(=O)CCCCCCCCCCCCCCCCCCCCC(C)CC. The molecule has 0 saturated heterocycles. The van der Waals surface area contributed by atoms with Crippen LogP contribution in [0.5, 0.6) is 0 Å². The van der Waals surface area contributed by atoms with E-state index in [9.17, 15) is 43.2 Å². The molecule has 618 valence electrons. The summed E-state index contributed by atoms with van der Waals surface area (Å²) in [7, 11) is -9.92. The van der Waals surface area contributed by atoms with E-state index in [0.29, 0.717) is 25.7 Å². The Morgan fingerprint density at radius 1 is 0.269 bits per heavy atom. The fourth-order valence-corrected chi connectivity index (χ4v) is 14.8. The van der Waals surface area contributed by atoms with Gasteiger partial charge >= 0.3 is 39.5 Å². The highest BCUT2D eigenvalue weighted by atomic mass is 31.2. The largest absolute Gasteiger partial charge is 0.472 e. The van der Waals surface area contributed by atoms with Crippen LogP contribution in [0.15, 0.2) is 0 Å². The molecule has 0 fully saturated rings. The predicted octanol–water partition coefficient (Wildman–Crippen LogP) is 26.0. The minimum absolute atomic E-state index is 0.108. The number of phosphoric acid groups is 2. The molecule has 0 aromatic carbocycles. The lowest BCUT2D eigenvalue weighted by Crippen LogP contribution is -2.30. The summed E-state index contributed by atoms with van der Waals surface area (Å²) in [5, 5.41) is 10.7. The van der Waals surface area contributed by atoms with E-state index in [4.69, 9.17) is 37.0 Å². The van der Waals surface area contributed by atoms with Crippen molar-refractivity contribution in [2.75, 3.05) is 39.6 Å². The number of ether oxygens (including phenoxy) is 4. The molecule has 0 radical (unpaired) electrons. The molecular formula is C85H166O17P2. The lowest BCUT2D eigenvalue weighted by atomic mass is 9.99. The quantitative estimate of drug-likeness (QED) is 0.0222. The molecule has 0 saturated carbocycles. The Balaban J connectivity index is 5.19. The van der Waals surface area contributed by atoms with E-state index in [1.54, 1.807) is 0 Å². The normalized spacial score (nSPS) is 14.0. The van der Waals surface area contributed by atoms with Crippen LogP contribution in [0.3, 0.4) is 0 Å². The van der Waals surface area contributed by atoms with Crippen LogP contribution in [0.1, 0.15) is 458 Å². The Morgan fingerprint density at radius 2 is 0.462 bits per heavy atom. The summed E-state index contributed by atoms with van der Waals surface area (Å²) in [5.74, 6) is -1.23. The van der Waals surface area contributed by atoms with Crippen LogP contribution in [0.4, 0.5) is 0 Å². The Hall–Kier alpha value is -1.94. The van der Waals surface area contributed by atoms with Gasteiger partial charge in [-0.15, -0.1) is 0 Å². The highest BCUT2D eigenvalue weighted by Crippen LogP contribution is 2.45. The molecule has 0 aromatic heterocycles. The van der Waals surface area contributed by atoms with Gasteiger partial charge in [-0.25, -0.2) is 9.13 Å². The topological polar surface area (TPSA) is 237 Å². The molecule has 0 amide bonds. The minimum atomic E-state index is -4.96. The minimum Gasteiger partial charge on any atom is -0.462 e. The van der Waals surface area contributed by atoms with Crippen LogP contribution < -0.4 is 0 Å². The maximum Gasteiger partial charge on any atom is 0.472 e. The molecule has 0 aliphatic rings. The van der Waals surface area contributed by atoms with E-state index >= 15 is 0 Å². The van der Waals surface area contributed by atoms with Gasteiger partial charge in [0.05, 0.1) is 26.4 Å². The molecule has 6 atom stereocenters. The Bertz CT molecular complexity index is 1980. The van der Waals surface area contributed by atoms with Crippen LogP contribution in [0, 0.1) is 5.92 Å². The van der Waals surface area contributed by atoms with Gasteiger partial charge in [-0.3, -0.25) is 37.3 Å². The molecule has 104 heavy (non-hydrogen) atoms. The van der Waals surface area contributed by atoms with Crippen LogP contribution in [0.25, 0.3) is 0 Å². The van der Waals surface area contributed by atoms with Gasteiger partial charge in [-0.1, -0.05) is 407 Å². The van der Waals surface area contributed by atoms with Crippen LogP contribution in [-0.2, 0) is 65.4 Å². The Labute approximate surface area is 638 Å². The van der Waals surface area contributed by atoms with Crippen molar-refractivity contribution >= 4 is 39.5 Å². The first-order chi connectivity index (χ1) is 50.6. The molecule has 0 aromatic rings. The van der Waals surface area contributed by atoms with Gasteiger partial charge in [0.15, 0.2) is 12.2 Å². The average Bonchev–Trinajstić information content (AvgIpc) is 0.907.